The third-order valence-electron chi connectivity index (χ3n) is 1.79. The topological polar surface area (TPSA) is 98.6 Å². The minimum absolute atomic E-state index is 0.516. The van der Waals surface area contributed by atoms with Crippen molar-refractivity contribution in [1.29, 1.82) is 0 Å². The monoisotopic (exact) mass is 246 g/mol. The van der Waals surface area contributed by atoms with Gasteiger partial charge in [0.25, 0.3) is 0 Å². The average molecular weight is 247 g/mol. The standard InChI is InChI=1S/C10H11ClO3.H4N2/c1-6-5-8(3-4-9(6)11)14-7(2)10(12)13;1-2/h3-5,7H,1-2H3,(H,12,13);1-2H2. The molecule has 0 aliphatic rings. The summed E-state index contributed by atoms with van der Waals surface area (Å²) in [5.74, 6) is 7.53. The van der Waals surface area contributed by atoms with Crippen LogP contribution in [0.25, 0.3) is 0 Å². The van der Waals surface area contributed by atoms with Crippen LogP contribution in [0.5, 0.6) is 5.75 Å². The Morgan fingerprint density at radius 1 is 1.50 bits per heavy atom. The second-order valence-electron chi connectivity index (χ2n) is 3.01. The molecule has 5 N–H and O–H groups in total. The molecule has 0 radical (unpaired) electrons. The molecule has 6 heteroatoms. The highest BCUT2D eigenvalue weighted by atomic mass is 35.5. The van der Waals surface area contributed by atoms with Gasteiger partial charge in [-0.05, 0) is 37.6 Å². The summed E-state index contributed by atoms with van der Waals surface area (Å²) in [5.41, 5.74) is 0.863. The summed E-state index contributed by atoms with van der Waals surface area (Å²) in [6.45, 7) is 3.31. The van der Waals surface area contributed by atoms with E-state index in [-0.39, 0.29) is 0 Å². The van der Waals surface area contributed by atoms with Crippen molar-refractivity contribution < 1.29 is 14.6 Å². The lowest BCUT2D eigenvalue weighted by atomic mass is 10.2. The van der Waals surface area contributed by atoms with Crippen molar-refractivity contribution >= 4 is 17.6 Å². The van der Waals surface area contributed by atoms with Crippen LogP contribution < -0.4 is 16.4 Å². The van der Waals surface area contributed by atoms with Gasteiger partial charge in [0.2, 0.25) is 0 Å². The van der Waals surface area contributed by atoms with Crippen molar-refractivity contribution in [1.82, 2.24) is 0 Å². The van der Waals surface area contributed by atoms with Crippen molar-refractivity contribution in [3.63, 3.8) is 0 Å². The molecule has 90 valence electrons. The number of aliphatic carboxylic acids is 1. The molecule has 1 aromatic carbocycles. The molecule has 0 heterocycles. The number of rotatable bonds is 3. The molecule has 0 saturated carbocycles. The van der Waals surface area contributed by atoms with Crippen molar-refractivity contribution in [2.45, 2.75) is 20.0 Å². The predicted molar refractivity (Wildman–Crippen MR) is 62.3 cm³/mol. The van der Waals surface area contributed by atoms with Crippen LogP contribution in [0, 0.1) is 6.92 Å². The van der Waals surface area contributed by atoms with Gasteiger partial charge >= 0.3 is 5.97 Å². The molecule has 16 heavy (non-hydrogen) atoms. The Morgan fingerprint density at radius 2 is 2.06 bits per heavy atom. The molecular weight excluding hydrogens is 232 g/mol. The molecule has 0 aromatic heterocycles. The van der Waals surface area contributed by atoms with E-state index in [4.69, 9.17) is 21.4 Å². The van der Waals surface area contributed by atoms with E-state index >= 15 is 0 Å². The Kier molecular flexibility index (Phi) is 6.48. The molecule has 0 amide bonds. The van der Waals surface area contributed by atoms with E-state index in [1.807, 2.05) is 6.92 Å². The fourth-order valence-electron chi connectivity index (χ4n) is 0.945. The number of benzene rings is 1. The maximum atomic E-state index is 10.5. The third kappa shape index (κ3) is 4.48. The van der Waals surface area contributed by atoms with Crippen LogP contribution in [0.1, 0.15) is 12.5 Å². The van der Waals surface area contributed by atoms with E-state index in [0.29, 0.717) is 10.8 Å². The molecule has 0 spiro atoms. The lowest BCUT2D eigenvalue weighted by molar-refractivity contribution is -0.144. The van der Waals surface area contributed by atoms with Gasteiger partial charge < -0.3 is 9.84 Å². The van der Waals surface area contributed by atoms with Crippen LogP contribution >= 0.6 is 11.6 Å². The highest BCUT2D eigenvalue weighted by Crippen LogP contribution is 2.21. The first-order chi connectivity index (χ1) is 7.50. The smallest absolute Gasteiger partial charge is 0.344 e. The second kappa shape index (κ2) is 7.05. The number of ether oxygens (including phenoxy) is 1. The average Bonchev–Trinajstić information content (AvgIpc) is 2.26. The summed E-state index contributed by atoms with van der Waals surface area (Å²) in [4.78, 5) is 10.5. The zero-order valence-electron chi connectivity index (χ0n) is 9.11. The summed E-state index contributed by atoms with van der Waals surface area (Å²) < 4.78 is 5.15. The van der Waals surface area contributed by atoms with Gasteiger partial charge in [-0.1, -0.05) is 11.6 Å². The molecule has 0 aliphatic heterocycles. The molecule has 0 aliphatic carbocycles. The Hall–Kier alpha value is -1.30. The SMILES string of the molecule is Cc1cc(OC(C)C(=O)O)ccc1Cl.NN. The number of carboxylic acid groups (broad SMARTS) is 1. The molecule has 0 bridgehead atoms. The van der Waals surface area contributed by atoms with E-state index in [1.54, 1.807) is 18.2 Å². The quantitative estimate of drug-likeness (QED) is 0.552. The van der Waals surface area contributed by atoms with Crippen LogP contribution in [-0.4, -0.2) is 17.2 Å². The highest BCUT2D eigenvalue weighted by Gasteiger charge is 2.12. The molecule has 0 fully saturated rings. The van der Waals surface area contributed by atoms with Crippen molar-refractivity contribution in [2.24, 2.45) is 11.7 Å². The number of hydrazine groups is 1. The van der Waals surface area contributed by atoms with Gasteiger partial charge in [-0.15, -0.1) is 0 Å². The minimum Gasteiger partial charge on any atom is -0.479 e. The maximum absolute atomic E-state index is 10.5. The molecule has 0 saturated heterocycles. The van der Waals surface area contributed by atoms with Gasteiger partial charge in [0.05, 0.1) is 0 Å². The number of carbonyl (C=O) groups is 1. The number of hydrogen-bond acceptors (Lipinski definition) is 4. The minimum atomic E-state index is -0.988. The Labute approximate surface area is 98.9 Å². The van der Waals surface area contributed by atoms with Crippen LogP contribution in [0.4, 0.5) is 0 Å². The van der Waals surface area contributed by atoms with Crippen molar-refractivity contribution in [3.8, 4) is 5.75 Å². The summed E-state index contributed by atoms with van der Waals surface area (Å²) in [6, 6.07) is 5.04. The summed E-state index contributed by atoms with van der Waals surface area (Å²) >= 11 is 5.81. The van der Waals surface area contributed by atoms with Crippen LogP contribution in [0.2, 0.25) is 5.02 Å². The largest absolute Gasteiger partial charge is 0.479 e. The van der Waals surface area contributed by atoms with Gasteiger partial charge in [-0.25, -0.2) is 4.79 Å². The van der Waals surface area contributed by atoms with Gasteiger partial charge in [0.15, 0.2) is 6.10 Å². The van der Waals surface area contributed by atoms with Crippen molar-refractivity contribution in [2.75, 3.05) is 0 Å². The first-order valence-corrected chi connectivity index (χ1v) is 4.87. The van der Waals surface area contributed by atoms with Crippen LogP contribution in [-0.2, 0) is 4.79 Å². The number of halogens is 1. The second-order valence-corrected chi connectivity index (χ2v) is 3.42. The van der Waals surface area contributed by atoms with Crippen LogP contribution in [0.3, 0.4) is 0 Å². The molecule has 1 unspecified atom stereocenters. The summed E-state index contributed by atoms with van der Waals surface area (Å²) in [5, 5.41) is 9.26. The van der Waals surface area contributed by atoms with Crippen molar-refractivity contribution in [3.05, 3.63) is 28.8 Å². The van der Waals surface area contributed by atoms with E-state index in [2.05, 4.69) is 11.7 Å². The molecule has 1 aromatic rings. The lowest BCUT2D eigenvalue weighted by Crippen LogP contribution is -2.22. The predicted octanol–water partition coefficient (Wildman–Crippen LogP) is 1.32. The Bertz CT molecular complexity index is 358. The molecular formula is C10H15ClN2O3. The Balaban J connectivity index is 0.00000106. The highest BCUT2D eigenvalue weighted by molar-refractivity contribution is 6.31. The molecule has 1 atom stereocenters. The third-order valence-corrected chi connectivity index (χ3v) is 2.21. The first-order valence-electron chi connectivity index (χ1n) is 4.49. The molecule has 5 nitrogen and oxygen atoms in total. The maximum Gasteiger partial charge on any atom is 0.344 e. The van der Waals surface area contributed by atoms with E-state index < -0.39 is 12.1 Å². The van der Waals surface area contributed by atoms with Gasteiger partial charge in [-0.2, -0.15) is 0 Å². The Morgan fingerprint density at radius 3 is 2.50 bits per heavy atom. The van der Waals surface area contributed by atoms with Gasteiger partial charge in [0, 0.05) is 5.02 Å². The van der Waals surface area contributed by atoms with E-state index in [1.165, 1.54) is 6.92 Å². The number of nitrogens with two attached hydrogens (primary N) is 2. The lowest BCUT2D eigenvalue weighted by Gasteiger charge is -2.10. The number of hydrogen-bond donors (Lipinski definition) is 3. The number of carboxylic acids is 1. The van der Waals surface area contributed by atoms with E-state index in [9.17, 15) is 4.79 Å². The number of aryl methyl sites for hydroxylation is 1. The van der Waals surface area contributed by atoms with Crippen LogP contribution in [0.15, 0.2) is 18.2 Å². The first kappa shape index (κ1) is 14.7. The summed E-state index contributed by atoms with van der Waals surface area (Å²) in [6.07, 6.45) is -0.851. The van der Waals surface area contributed by atoms with Gasteiger partial charge in [-0.3, -0.25) is 11.7 Å². The fraction of sp³-hybridized carbons (Fsp3) is 0.300. The normalized spacial score (nSPS) is 11.1. The zero-order chi connectivity index (χ0) is 12.7. The summed E-state index contributed by atoms with van der Waals surface area (Å²) in [7, 11) is 0. The zero-order valence-corrected chi connectivity index (χ0v) is 9.86. The van der Waals surface area contributed by atoms with E-state index in [0.717, 1.165) is 5.56 Å². The molecule has 1 rings (SSSR count). The fourth-order valence-corrected chi connectivity index (χ4v) is 1.06. The van der Waals surface area contributed by atoms with Gasteiger partial charge in [0.1, 0.15) is 5.75 Å².